The Hall–Kier alpha value is -1.95. The van der Waals surface area contributed by atoms with Crippen molar-refractivity contribution in [3.8, 4) is 0 Å². The number of aromatic amines is 1. The van der Waals surface area contributed by atoms with E-state index in [0.717, 1.165) is 6.61 Å². The lowest BCUT2D eigenvalue weighted by Crippen LogP contribution is -2.12. The Kier molecular flexibility index (Phi) is 4.59. The first kappa shape index (κ1) is 13.1. The second-order valence-corrected chi connectivity index (χ2v) is 3.34. The average molecular weight is 237 g/mol. The maximum atomic E-state index is 11.2. The molecule has 0 unspecified atom stereocenters. The number of aromatic nitrogens is 3. The van der Waals surface area contributed by atoms with Gasteiger partial charge in [0.2, 0.25) is 0 Å². The molecule has 6 nitrogen and oxygen atoms in total. The Labute approximate surface area is 98.2 Å². The zero-order valence-electron chi connectivity index (χ0n) is 10.1. The molecule has 92 valence electrons. The van der Waals surface area contributed by atoms with E-state index >= 15 is 0 Å². The van der Waals surface area contributed by atoms with E-state index in [4.69, 9.17) is 0 Å². The topological polar surface area (TPSA) is 77.0 Å². The van der Waals surface area contributed by atoms with E-state index in [1.165, 1.54) is 6.07 Å². The van der Waals surface area contributed by atoms with Crippen molar-refractivity contribution in [2.45, 2.75) is 6.92 Å². The van der Waals surface area contributed by atoms with E-state index in [1.54, 1.807) is 25.1 Å². The van der Waals surface area contributed by atoms with Gasteiger partial charge in [-0.3, -0.25) is 9.59 Å². The molecule has 0 aliphatic rings. The largest absolute Gasteiger partial charge is 0.385 e. The minimum Gasteiger partial charge on any atom is -0.385 e. The molecule has 17 heavy (non-hydrogen) atoms. The SMILES string of the molecule is CCOC.Cn1cnc2cc(C=O)c(=O)[nH]c21. The van der Waals surface area contributed by atoms with Crippen LogP contribution in [-0.2, 0) is 11.8 Å². The first-order valence-electron chi connectivity index (χ1n) is 5.12. The minimum absolute atomic E-state index is 0.103. The molecule has 0 bridgehead atoms. The summed E-state index contributed by atoms with van der Waals surface area (Å²) in [6, 6.07) is 1.47. The van der Waals surface area contributed by atoms with Crippen molar-refractivity contribution in [2.24, 2.45) is 7.05 Å². The molecule has 1 N–H and O–H groups in total. The fraction of sp³-hybridized carbons (Fsp3) is 0.364. The van der Waals surface area contributed by atoms with Crippen LogP contribution >= 0.6 is 0 Å². The Morgan fingerprint density at radius 1 is 1.59 bits per heavy atom. The van der Waals surface area contributed by atoms with Crippen molar-refractivity contribution in [3.63, 3.8) is 0 Å². The number of aryl methyl sites for hydroxylation is 1. The van der Waals surface area contributed by atoms with E-state index in [9.17, 15) is 9.59 Å². The third kappa shape index (κ3) is 3.01. The van der Waals surface area contributed by atoms with Gasteiger partial charge in [-0.1, -0.05) is 0 Å². The molecular weight excluding hydrogens is 222 g/mol. The van der Waals surface area contributed by atoms with Gasteiger partial charge >= 0.3 is 0 Å². The van der Waals surface area contributed by atoms with Gasteiger partial charge in [-0.05, 0) is 13.0 Å². The first-order chi connectivity index (χ1) is 8.13. The number of pyridine rings is 1. The van der Waals surface area contributed by atoms with E-state index in [1.807, 2.05) is 6.92 Å². The molecular formula is C11H15N3O3. The monoisotopic (exact) mass is 237 g/mol. The molecule has 0 saturated carbocycles. The molecule has 0 spiro atoms. The highest BCUT2D eigenvalue weighted by atomic mass is 16.5. The minimum atomic E-state index is -0.383. The number of fused-ring (bicyclic) bond motifs is 1. The third-order valence-electron chi connectivity index (χ3n) is 2.17. The van der Waals surface area contributed by atoms with Crippen LogP contribution in [0.25, 0.3) is 11.2 Å². The van der Waals surface area contributed by atoms with E-state index in [2.05, 4.69) is 14.7 Å². The van der Waals surface area contributed by atoms with Gasteiger partial charge in [0.25, 0.3) is 5.56 Å². The maximum Gasteiger partial charge on any atom is 0.260 e. The van der Waals surface area contributed by atoms with Crippen molar-refractivity contribution in [2.75, 3.05) is 13.7 Å². The van der Waals surface area contributed by atoms with Crippen LogP contribution in [0.3, 0.4) is 0 Å². The fourth-order valence-corrected chi connectivity index (χ4v) is 1.19. The number of carbonyl (C=O) groups is 1. The normalized spacial score (nSPS) is 9.82. The molecule has 0 saturated heterocycles. The van der Waals surface area contributed by atoms with Crippen LogP contribution in [0.1, 0.15) is 17.3 Å². The molecule has 0 atom stereocenters. The summed E-state index contributed by atoms with van der Waals surface area (Å²) >= 11 is 0. The van der Waals surface area contributed by atoms with Gasteiger partial charge in [0, 0.05) is 20.8 Å². The van der Waals surface area contributed by atoms with Crippen LogP contribution in [0.4, 0.5) is 0 Å². The second kappa shape index (κ2) is 5.95. The molecule has 0 aliphatic carbocycles. The van der Waals surface area contributed by atoms with Crippen LogP contribution in [0, 0.1) is 0 Å². The van der Waals surface area contributed by atoms with Gasteiger partial charge in [-0.15, -0.1) is 0 Å². The Morgan fingerprint density at radius 3 is 2.76 bits per heavy atom. The summed E-state index contributed by atoms with van der Waals surface area (Å²) in [6.45, 7) is 2.78. The second-order valence-electron chi connectivity index (χ2n) is 3.34. The summed E-state index contributed by atoms with van der Waals surface area (Å²) in [5.41, 5.74) is 0.956. The van der Waals surface area contributed by atoms with Crippen LogP contribution in [0.15, 0.2) is 17.2 Å². The maximum absolute atomic E-state index is 11.2. The number of ether oxygens (including phenoxy) is 1. The van der Waals surface area contributed by atoms with E-state index < -0.39 is 0 Å². The lowest BCUT2D eigenvalue weighted by Gasteiger charge is -1.93. The van der Waals surface area contributed by atoms with Gasteiger partial charge in [-0.25, -0.2) is 4.98 Å². The molecule has 0 aliphatic heterocycles. The van der Waals surface area contributed by atoms with Gasteiger partial charge in [0.05, 0.1) is 11.9 Å². The van der Waals surface area contributed by atoms with Crippen LogP contribution in [0.2, 0.25) is 0 Å². The van der Waals surface area contributed by atoms with E-state index in [0.29, 0.717) is 17.5 Å². The van der Waals surface area contributed by atoms with Crippen molar-refractivity contribution in [1.29, 1.82) is 0 Å². The lowest BCUT2D eigenvalue weighted by atomic mass is 10.3. The summed E-state index contributed by atoms with van der Waals surface area (Å²) < 4.78 is 6.23. The predicted molar refractivity (Wildman–Crippen MR) is 64.3 cm³/mol. The van der Waals surface area contributed by atoms with Crippen molar-refractivity contribution >= 4 is 17.5 Å². The molecule has 2 heterocycles. The highest BCUT2D eigenvalue weighted by Crippen LogP contribution is 2.05. The highest BCUT2D eigenvalue weighted by molar-refractivity contribution is 5.81. The first-order valence-corrected chi connectivity index (χ1v) is 5.12. The summed E-state index contributed by atoms with van der Waals surface area (Å²) in [4.78, 5) is 28.2. The van der Waals surface area contributed by atoms with Crippen molar-refractivity contribution < 1.29 is 9.53 Å². The number of nitrogens with zero attached hydrogens (tertiary/aromatic N) is 2. The summed E-state index contributed by atoms with van der Waals surface area (Å²) in [5, 5.41) is 0. The van der Waals surface area contributed by atoms with Crippen LogP contribution in [-0.4, -0.2) is 34.5 Å². The predicted octanol–water partition coefficient (Wildman–Crippen LogP) is 0.727. The molecule has 0 amide bonds. The molecule has 6 heteroatoms. The zero-order valence-corrected chi connectivity index (χ0v) is 10.1. The number of methoxy groups -OCH3 is 1. The Bertz CT molecular complexity index is 555. The van der Waals surface area contributed by atoms with Crippen LogP contribution < -0.4 is 5.56 Å². The number of carbonyl (C=O) groups excluding carboxylic acids is 1. The molecule has 0 aromatic carbocycles. The Balaban J connectivity index is 0.000000317. The number of aldehydes is 1. The smallest absolute Gasteiger partial charge is 0.260 e. The van der Waals surface area contributed by atoms with E-state index in [-0.39, 0.29) is 11.1 Å². The van der Waals surface area contributed by atoms with Crippen molar-refractivity contribution in [3.05, 3.63) is 28.3 Å². The zero-order chi connectivity index (χ0) is 12.8. The molecule has 2 aromatic rings. The number of H-pyrrole nitrogens is 1. The molecule has 2 aromatic heterocycles. The number of hydrogen-bond donors (Lipinski definition) is 1. The number of hydrogen-bond acceptors (Lipinski definition) is 4. The lowest BCUT2D eigenvalue weighted by molar-refractivity contribution is 0.112. The van der Waals surface area contributed by atoms with Crippen LogP contribution in [0.5, 0.6) is 0 Å². The summed E-state index contributed by atoms with van der Waals surface area (Å²) in [6.07, 6.45) is 2.10. The van der Waals surface area contributed by atoms with Gasteiger partial charge in [0.1, 0.15) is 11.2 Å². The van der Waals surface area contributed by atoms with Crippen molar-refractivity contribution in [1.82, 2.24) is 14.5 Å². The summed E-state index contributed by atoms with van der Waals surface area (Å²) in [5.74, 6) is 0. The number of nitrogens with one attached hydrogen (secondary N) is 1. The number of rotatable bonds is 2. The Morgan fingerprint density at radius 2 is 2.24 bits per heavy atom. The average Bonchev–Trinajstić information content (AvgIpc) is 2.70. The van der Waals surface area contributed by atoms with Gasteiger partial charge in [-0.2, -0.15) is 0 Å². The quantitative estimate of drug-likeness (QED) is 0.781. The third-order valence-corrected chi connectivity index (χ3v) is 2.17. The molecule has 0 radical (unpaired) electrons. The molecule has 0 fully saturated rings. The highest BCUT2D eigenvalue weighted by Gasteiger charge is 2.04. The van der Waals surface area contributed by atoms with Gasteiger partial charge < -0.3 is 14.3 Å². The summed E-state index contributed by atoms with van der Waals surface area (Å²) in [7, 11) is 3.45. The van der Waals surface area contributed by atoms with Gasteiger partial charge in [0.15, 0.2) is 6.29 Å². The fourth-order valence-electron chi connectivity index (χ4n) is 1.19. The number of imidazole rings is 1. The standard InChI is InChI=1S/C8H7N3O2.C3H8O/c1-11-4-9-6-2-5(3-12)8(13)10-7(6)11;1-3-4-2/h2-4H,1H3,(H,10,13);3H2,1-2H3. The molecule has 2 rings (SSSR count).